The van der Waals surface area contributed by atoms with Gasteiger partial charge in [0.15, 0.2) is 11.5 Å². The highest BCUT2D eigenvalue weighted by Gasteiger charge is 2.22. The highest BCUT2D eigenvalue weighted by Crippen LogP contribution is 2.29. The Hall–Kier alpha value is -2.59. The summed E-state index contributed by atoms with van der Waals surface area (Å²) in [6.07, 6.45) is 2.95. The van der Waals surface area contributed by atoms with Crippen LogP contribution in [0.3, 0.4) is 0 Å². The number of phenols is 2. The molecule has 0 bridgehead atoms. The number of hydrogen-bond donors (Lipinski definition) is 5. The first-order chi connectivity index (χ1) is 9.52. The number of rotatable bonds is 2. The van der Waals surface area contributed by atoms with Gasteiger partial charge in [0.05, 0.1) is 5.70 Å². The summed E-state index contributed by atoms with van der Waals surface area (Å²) < 4.78 is 0. The summed E-state index contributed by atoms with van der Waals surface area (Å²) >= 11 is 4.07. The monoisotopic (exact) mass is 289 g/mol. The Balaban J connectivity index is 2.37. The Labute approximate surface area is 120 Å². The fourth-order valence-corrected chi connectivity index (χ4v) is 1.93. The van der Waals surface area contributed by atoms with E-state index in [2.05, 4.69) is 23.3 Å². The van der Waals surface area contributed by atoms with Crippen LogP contribution in [0, 0.1) is 11.3 Å². The fourth-order valence-electron chi connectivity index (χ4n) is 1.67. The number of thiol groups is 1. The van der Waals surface area contributed by atoms with Crippen LogP contribution >= 0.6 is 12.6 Å². The molecule has 2 rings (SSSR count). The molecule has 1 aromatic carbocycles. The van der Waals surface area contributed by atoms with E-state index in [0.717, 1.165) is 0 Å². The van der Waals surface area contributed by atoms with E-state index in [0.29, 0.717) is 11.3 Å². The quantitative estimate of drug-likeness (QED) is 0.409. The van der Waals surface area contributed by atoms with E-state index in [4.69, 9.17) is 5.26 Å². The summed E-state index contributed by atoms with van der Waals surface area (Å²) in [6.45, 7) is 0. The van der Waals surface area contributed by atoms with Crippen molar-refractivity contribution in [3.63, 3.8) is 0 Å². The average Bonchev–Trinajstić information content (AvgIpc) is 2.40. The number of phenolic OH excluding ortho intramolecular Hbond substituents is 2. The molecule has 0 spiro atoms. The van der Waals surface area contributed by atoms with Gasteiger partial charge in [-0.05, 0) is 18.2 Å². The minimum Gasteiger partial charge on any atom is -0.504 e. The van der Waals surface area contributed by atoms with Crippen molar-refractivity contribution in [1.29, 1.82) is 5.26 Å². The molecule has 0 radical (unpaired) electrons. The first kappa shape index (κ1) is 13.8. The second-order valence-corrected chi connectivity index (χ2v) is 4.49. The zero-order chi connectivity index (χ0) is 14.7. The number of amides is 1. The molecule has 1 aromatic rings. The summed E-state index contributed by atoms with van der Waals surface area (Å²) in [5.74, 6) is -1.04. The predicted molar refractivity (Wildman–Crippen MR) is 75.5 cm³/mol. The van der Waals surface area contributed by atoms with Crippen molar-refractivity contribution in [1.82, 2.24) is 10.6 Å². The van der Waals surface area contributed by atoms with Gasteiger partial charge >= 0.3 is 0 Å². The first-order valence-corrected chi connectivity index (χ1v) is 6.13. The van der Waals surface area contributed by atoms with Gasteiger partial charge < -0.3 is 20.8 Å². The van der Waals surface area contributed by atoms with Crippen LogP contribution in [0.25, 0.3) is 6.08 Å². The van der Waals surface area contributed by atoms with Crippen LogP contribution < -0.4 is 10.6 Å². The number of nitrogens with one attached hydrogen (secondary N) is 2. The van der Waals surface area contributed by atoms with Crippen LogP contribution in [0.4, 0.5) is 0 Å². The van der Waals surface area contributed by atoms with Crippen molar-refractivity contribution >= 4 is 24.6 Å². The highest BCUT2D eigenvalue weighted by molar-refractivity contribution is 7.80. The molecule has 1 aliphatic rings. The van der Waals surface area contributed by atoms with Gasteiger partial charge in [-0.25, -0.2) is 0 Å². The molecule has 0 saturated heterocycles. The molecule has 0 aliphatic carbocycles. The van der Waals surface area contributed by atoms with Crippen molar-refractivity contribution < 1.29 is 15.0 Å². The molecular weight excluding hydrogens is 278 g/mol. The van der Waals surface area contributed by atoms with Crippen molar-refractivity contribution in [2.24, 2.45) is 0 Å². The number of carbonyl (C=O) groups is 1. The number of allylic oxidation sites excluding steroid dienone is 1. The maximum Gasteiger partial charge on any atom is 0.266 e. The van der Waals surface area contributed by atoms with E-state index < -0.39 is 11.4 Å². The van der Waals surface area contributed by atoms with Crippen LogP contribution in [0.2, 0.25) is 0 Å². The Morgan fingerprint density at radius 2 is 2.05 bits per heavy atom. The number of nitriles is 1. The minimum absolute atomic E-state index is 0.0776. The number of nitrogens with zero attached hydrogens (tertiary/aromatic N) is 1. The third-order valence-corrected chi connectivity index (χ3v) is 2.90. The summed E-state index contributed by atoms with van der Waals surface area (Å²) in [5.41, 5.74) is -0.0273. The molecular formula is C13H11N3O3S. The Morgan fingerprint density at radius 1 is 1.30 bits per heavy atom. The molecule has 102 valence electrons. The highest BCUT2D eigenvalue weighted by atomic mass is 32.1. The summed E-state index contributed by atoms with van der Waals surface area (Å²) in [7, 11) is 0. The number of para-hydroxylation sites is 1. The first-order valence-electron chi connectivity index (χ1n) is 5.62. The molecule has 1 unspecified atom stereocenters. The second-order valence-electron chi connectivity index (χ2n) is 3.97. The molecule has 1 atom stereocenters. The molecule has 0 aromatic heterocycles. The Kier molecular flexibility index (Phi) is 3.86. The average molecular weight is 289 g/mol. The lowest BCUT2D eigenvalue weighted by Crippen LogP contribution is -2.46. The third kappa shape index (κ3) is 2.70. The van der Waals surface area contributed by atoms with E-state index in [1.54, 1.807) is 18.2 Å². The van der Waals surface area contributed by atoms with Crippen molar-refractivity contribution in [2.75, 3.05) is 0 Å². The molecule has 20 heavy (non-hydrogen) atoms. The molecule has 1 heterocycles. The van der Waals surface area contributed by atoms with Crippen LogP contribution in [-0.4, -0.2) is 21.6 Å². The van der Waals surface area contributed by atoms with Gasteiger partial charge in [0.1, 0.15) is 17.1 Å². The molecule has 0 saturated carbocycles. The lowest BCUT2D eigenvalue weighted by Gasteiger charge is -2.22. The second kappa shape index (κ2) is 5.59. The minimum atomic E-state index is -0.600. The normalized spacial score (nSPS) is 18.6. The van der Waals surface area contributed by atoms with Crippen LogP contribution in [0.1, 0.15) is 5.56 Å². The largest absolute Gasteiger partial charge is 0.504 e. The van der Waals surface area contributed by atoms with Gasteiger partial charge in [0, 0.05) is 5.56 Å². The van der Waals surface area contributed by atoms with Crippen LogP contribution in [-0.2, 0) is 4.79 Å². The molecule has 7 heteroatoms. The van der Waals surface area contributed by atoms with Crippen LogP contribution in [0.15, 0.2) is 35.5 Å². The fraction of sp³-hybridized carbons (Fsp3) is 0.0769. The Bertz CT molecular complexity index is 661. The van der Waals surface area contributed by atoms with Crippen LogP contribution in [0.5, 0.6) is 11.5 Å². The van der Waals surface area contributed by atoms with Gasteiger partial charge in [-0.1, -0.05) is 12.1 Å². The van der Waals surface area contributed by atoms with Crippen molar-refractivity contribution in [2.45, 2.75) is 5.50 Å². The molecule has 4 N–H and O–H groups in total. The van der Waals surface area contributed by atoms with Gasteiger partial charge in [-0.2, -0.15) is 5.26 Å². The zero-order valence-electron chi connectivity index (χ0n) is 10.2. The smallest absolute Gasteiger partial charge is 0.266 e. The topological polar surface area (TPSA) is 105 Å². The van der Waals surface area contributed by atoms with E-state index in [1.165, 1.54) is 18.2 Å². The summed E-state index contributed by atoms with van der Waals surface area (Å²) in [5, 5.41) is 33.2. The SMILES string of the molecule is N#CC1=C(/C=C/c2cccc(O)c2O)NC(S)NC1=O. The van der Waals surface area contributed by atoms with Crippen molar-refractivity contribution in [3.8, 4) is 17.6 Å². The van der Waals surface area contributed by atoms with E-state index in [9.17, 15) is 15.0 Å². The maximum atomic E-state index is 11.6. The van der Waals surface area contributed by atoms with E-state index in [-0.39, 0.29) is 17.1 Å². The molecule has 1 amide bonds. The number of hydrogen-bond acceptors (Lipinski definition) is 6. The molecule has 1 aliphatic heterocycles. The predicted octanol–water partition coefficient (Wildman–Crippen LogP) is 0.821. The zero-order valence-corrected chi connectivity index (χ0v) is 11.1. The molecule has 6 nitrogen and oxygen atoms in total. The lowest BCUT2D eigenvalue weighted by atomic mass is 10.1. The van der Waals surface area contributed by atoms with E-state index in [1.807, 2.05) is 0 Å². The standard InChI is InChI=1S/C13H11N3O3S/c14-6-8-9(15-13(20)16-12(8)19)5-4-7-2-1-3-10(17)11(7)18/h1-5,13,15,17-18,20H,(H,16,19)/b5-4+. The lowest BCUT2D eigenvalue weighted by molar-refractivity contribution is -0.117. The third-order valence-electron chi connectivity index (χ3n) is 2.64. The van der Waals surface area contributed by atoms with Gasteiger partial charge in [0.25, 0.3) is 5.91 Å². The maximum absolute atomic E-state index is 11.6. The Morgan fingerprint density at radius 3 is 2.75 bits per heavy atom. The van der Waals surface area contributed by atoms with Gasteiger partial charge in [0.2, 0.25) is 0 Å². The summed E-state index contributed by atoms with van der Waals surface area (Å²) in [4.78, 5) is 11.6. The number of benzene rings is 1. The van der Waals surface area contributed by atoms with Gasteiger partial charge in [-0.15, -0.1) is 12.6 Å². The number of carbonyl (C=O) groups excluding carboxylic acids is 1. The number of aromatic hydroxyl groups is 2. The molecule has 0 fully saturated rings. The van der Waals surface area contributed by atoms with E-state index >= 15 is 0 Å². The van der Waals surface area contributed by atoms with Crippen molar-refractivity contribution in [3.05, 3.63) is 41.1 Å². The summed E-state index contributed by atoms with van der Waals surface area (Å²) in [6, 6.07) is 6.29. The van der Waals surface area contributed by atoms with Gasteiger partial charge in [-0.3, -0.25) is 4.79 Å².